The van der Waals surface area contributed by atoms with Crippen LogP contribution in [0.3, 0.4) is 0 Å². The molecule has 0 aromatic carbocycles. The molecule has 11 heavy (non-hydrogen) atoms. The Hall–Kier alpha value is -0.570. The fraction of sp³-hybridized carbons (Fsp3) is 0.875. The summed E-state index contributed by atoms with van der Waals surface area (Å²) in [7, 11) is 0. The van der Waals surface area contributed by atoms with Gasteiger partial charge in [0, 0.05) is 12.1 Å². The summed E-state index contributed by atoms with van der Waals surface area (Å²) in [5.74, 6) is 0. The first-order chi connectivity index (χ1) is 5.06. The lowest BCUT2D eigenvalue weighted by molar-refractivity contribution is -0.109. The third kappa shape index (κ3) is 9.43. The van der Waals surface area contributed by atoms with Gasteiger partial charge in [0.15, 0.2) is 0 Å². The van der Waals surface area contributed by atoms with Crippen LogP contribution in [0.2, 0.25) is 0 Å². The zero-order valence-electron chi connectivity index (χ0n) is 7.61. The highest BCUT2D eigenvalue weighted by Crippen LogP contribution is 1.97. The van der Waals surface area contributed by atoms with Crippen molar-refractivity contribution >= 4 is 6.41 Å². The second kappa shape index (κ2) is 5.13. The molecule has 0 aromatic heterocycles. The van der Waals surface area contributed by atoms with Gasteiger partial charge < -0.3 is 10.6 Å². The summed E-state index contributed by atoms with van der Waals surface area (Å²) in [6.07, 6.45) is 1.72. The Morgan fingerprint density at radius 2 is 1.91 bits per heavy atom. The fourth-order valence-electron chi connectivity index (χ4n) is 0.713. The van der Waals surface area contributed by atoms with Crippen LogP contribution in [0.1, 0.15) is 27.2 Å². The van der Waals surface area contributed by atoms with Crippen LogP contribution in [0, 0.1) is 0 Å². The highest BCUT2D eigenvalue weighted by atomic mass is 16.1. The number of hydrogen-bond acceptors (Lipinski definition) is 2. The fourth-order valence-corrected chi connectivity index (χ4v) is 0.713. The normalized spacial score (nSPS) is 11.2. The molecule has 66 valence electrons. The van der Waals surface area contributed by atoms with Crippen LogP contribution < -0.4 is 10.6 Å². The Morgan fingerprint density at radius 1 is 1.27 bits per heavy atom. The predicted molar refractivity (Wildman–Crippen MR) is 46.4 cm³/mol. The Morgan fingerprint density at radius 3 is 2.36 bits per heavy atom. The van der Waals surface area contributed by atoms with Gasteiger partial charge >= 0.3 is 0 Å². The number of nitrogens with one attached hydrogen (secondary N) is 2. The largest absolute Gasteiger partial charge is 0.359 e. The van der Waals surface area contributed by atoms with E-state index in [0.29, 0.717) is 0 Å². The monoisotopic (exact) mass is 158 g/mol. The highest BCUT2D eigenvalue weighted by molar-refractivity contribution is 5.45. The van der Waals surface area contributed by atoms with Gasteiger partial charge in [-0.2, -0.15) is 0 Å². The molecule has 0 bridgehead atoms. The van der Waals surface area contributed by atoms with Crippen molar-refractivity contribution in [3.8, 4) is 0 Å². The molecular formula is C8H18N2O. The molecule has 0 rings (SSSR count). The summed E-state index contributed by atoms with van der Waals surface area (Å²) in [5, 5.41) is 5.94. The van der Waals surface area contributed by atoms with Gasteiger partial charge in [-0.15, -0.1) is 0 Å². The molecule has 0 spiro atoms. The van der Waals surface area contributed by atoms with E-state index in [1.165, 1.54) is 0 Å². The van der Waals surface area contributed by atoms with E-state index in [-0.39, 0.29) is 5.54 Å². The number of rotatable bonds is 5. The summed E-state index contributed by atoms with van der Waals surface area (Å²) in [6, 6.07) is 0. The summed E-state index contributed by atoms with van der Waals surface area (Å²) in [5.41, 5.74) is 0.182. The SMILES string of the molecule is CC(C)(C)NCCCNC=O. The van der Waals surface area contributed by atoms with Crippen molar-refractivity contribution in [1.29, 1.82) is 0 Å². The molecule has 0 radical (unpaired) electrons. The van der Waals surface area contributed by atoms with Crippen LogP contribution in [0.15, 0.2) is 0 Å². The second-order valence-electron chi connectivity index (χ2n) is 3.60. The summed E-state index contributed by atoms with van der Waals surface area (Å²) in [4.78, 5) is 9.83. The molecule has 0 aliphatic rings. The molecule has 3 nitrogen and oxygen atoms in total. The van der Waals surface area contributed by atoms with Crippen molar-refractivity contribution in [2.75, 3.05) is 13.1 Å². The lowest BCUT2D eigenvalue weighted by Crippen LogP contribution is -2.37. The molecule has 0 aromatic rings. The van der Waals surface area contributed by atoms with Gasteiger partial charge in [-0.3, -0.25) is 4.79 Å². The zero-order chi connectivity index (χ0) is 8.74. The molecule has 0 heterocycles. The third-order valence-electron chi connectivity index (χ3n) is 1.24. The summed E-state index contributed by atoms with van der Waals surface area (Å²) in [6.45, 7) is 8.08. The van der Waals surface area contributed by atoms with E-state index < -0.39 is 0 Å². The van der Waals surface area contributed by atoms with Crippen molar-refractivity contribution in [2.45, 2.75) is 32.7 Å². The molecule has 0 fully saturated rings. The smallest absolute Gasteiger partial charge is 0.207 e. The van der Waals surface area contributed by atoms with Gasteiger partial charge in [-0.1, -0.05) is 0 Å². The van der Waals surface area contributed by atoms with Crippen molar-refractivity contribution in [2.24, 2.45) is 0 Å². The molecule has 1 amide bonds. The molecular weight excluding hydrogens is 140 g/mol. The third-order valence-corrected chi connectivity index (χ3v) is 1.24. The first-order valence-corrected chi connectivity index (χ1v) is 3.98. The number of amides is 1. The summed E-state index contributed by atoms with van der Waals surface area (Å²) < 4.78 is 0. The first kappa shape index (κ1) is 10.4. The topological polar surface area (TPSA) is 41.1 Å². The minimum atomic E-state index is 0.182. The van der Waals surface area contributed by atoms with Crippen molar-refractivity contribution in [3.63, 3.8) is 0 Å². The van der Waals surface area contributed by atoms with Gasteiger partial charge in [-0.25, -0.2) is 0 Å². The molecule has 0 aliphatic heterocycles. The molecule has 0 aliphatic carbocycles. The van der Waals surface area contributed by atoms with E-state index in [1.807, 2.05) is 0 Å². The lowest BCUT2D eigenvalue weighted by Gasteiger charge is -2.20. The van der Waals surface area contributed by atoms with Crippen molar-refractivity contribution in [1.82, 2.24) is 10.6 Å². The Kier molecular flexibility index (Phi) is 4.86. The van der Waals surface area contributed by atoms with Gasteiger partial charge in [0.2, 0.25) is 6.41 Å². The van der Waals surface area contributed by atoms with Gasteiger partial charge in [0.1, 0.15) is 0 Å². The number of hydrogen-bond donors (Lipinski definition) is 2. The first-order valence-electron chi connectivity index (χ1n) is 3.98. The Bertz CT molecular complexity index is 107. The Labute approximate surface area is 68.6 Å². The van der Waals surface area contributed by atoms with Crippen LogP contribution in [0.5, 0.6) is 0 Å². The van der Waals surface area contributed by atoms with Crippen LogP contribution in [0.4, 0.5) is 0 Å². The molecule has 3 heteroatoms. The van der Waals surface area contributed by atoms with E-state index in [1.54, 1.807) is 0 Å². The van der Waals surface area contributed by atoms with Crippen LogP contribution in [-0.2, 0) is 4.79 Å². The molecule has 0 saturated carbocycles. The highest BCUT2D eigenvalue weighted by Gasteiger charge is 2.06. The van der Waals surface area contributed by atoms with Crippen molar-refractivity contribution < 1.29 is 4.79 Å². The van der Waals surface area contributed by atoms with Gasteiger partial charge in [0.25, 0.3) is 0 Å². The minimum Gasteiger partial charge on any atom is -0.359 e. The summed E-state index contributed by atoms with van der Waals surface area (Å²) >= 11 is 0. The lowest BCUT2D eigenvalue weighted by atomic mass is 10.1. The second-order valence-corrected chi connectivity index (χ2v) is 3.60. The Balaban J connectivity index is 3.08. The minimum absolute atomic E-state index is 0.182. The standard InChI is InChI=1S/C8H18N2O/c1-8(2,3)10-6-4-5-9-7-11/h7,10H,4-6H2,1-3H3,(H,9,11). The molecule has 2 N–H and O–H groups in total. The number of carbonyl (C=O) groups excluding carboxylic acids is 1. The van der Waals surface area contributed by atoms with Gasteiger partial charge in [0.05, 0.1) is 0 Å². The van der Waals surface area contributed by atoms with E-state index in [2.05, 4.69) is 31.4 Å². The average molecular weight is 158 g/mol. The maximum absolute atomic E-state index is 9.83. The van der Waals surface area contributed by atoms with E-state index in [4.69, 9.17) is 0 Å². The van der Waals surface area contributed by atoms with Crippen LogP contribution >= 0.6 is 0 Å². The van der Waals surface area contributed by atoms with E-state index >= 15 is 0 Å². The van der Waals surface area contributed by atoms with Crippen molar-refractivity contribution in [3.05, 3.63) is 0 Å². The quantitative estimate of drug-likeness (QED) is 0.452. The zero-order valence-corrected chi connectivity index (χ0v) is 7.61. The molecule has 0 atom stereocenters. The van der Waals surface area contributed by atoms with Crippen LogP contribution in [0.25, 0.3) is 0 Å². The maximum atomic E-state index is 9.83. The predicted octanol–water partition coefficient (Wildman–Crippen LogP) is 0.511. The average Bonchev–Trinajstić information content (AvgIpc) is 1.85. The van der Waals surface area contributed by atoms with E-state index in [9.17, 15) is 4.79 Å². The van der Waals surface area contributed by atoms with Gasteiger partial charge in [-0.05, 0) is 33.7 Å². The maximum Gasteiger partial charge on any atom is 0.207 e. The molecule has 0 saturated heterocycles. The number of carbonyl (C=O) groups is 1. The van der Waals surface area contributed by atoms with E-state index in [0.717, 1.165) is 25.9 Å². The van der Waals surface area contributed by atoms with Crippen LogP contribution in [-0.4, -0.2) is 25.0 Å². The molecule has 0 unspecified atom stereocenters.